The number of nitrogens with zero attached hydrogens (tertiary/aromatic N) is 1. The molecule has 0 bridgehead atoms. The van der Waals surface area contributed by atoms with Gasteiger partial charge in [-0.05, 0) is 42.5 Å². The molecule has 1 aliphatic rings. The first kappa shape index (κ1) is 14.5. The summed E-state index contributed by atoms with van der Waals surface area (Å²) < 4.78 is 17.0. The van der Waals surface area contributed by atoms with E-state index in [1.807, 2.05) is 6.07 Å². The van der Waals surface area contributed by atoms with E-state index < -0.39 is 5.82 Å². The summed E-state index contributed by atoms with van der Waals surface area (Å²) in [5.41, 5.74) is 1.96. The molecule has 3 aromatic rings. The van der Waals surface area contributed by atoms with Gasteiger partial charge < -0.3 is 9.88 Å². The van der Waals surface area contributed by atoms with Crippen LogP contribution in [0.4, 0.5) is 10.1 Å². The van der Waals surface area contributed by atoms with Gasteiger partial charge in [-0.3, -0.25) is 4.79 Å². The summed E-state index contributed by atoms with van der Waals surface area (Å²) in [7, 11) is 0. The second kappa shape index (κ2) is 5.81. The van der Waals surface area contributed by atoms with Crippen molar-refractivity contribution in [2.75, 3.05) is 5.32 Å². The number of hydrogen-bond acceptors (Lipinski definition) is 2. The van der Waals surface area contributed by atoms with Crippen LogP contribution in [0.25, 0.3) is 10.2 Å². The number of halogens is 1. The van der Waals surface area contributed by atoms with E-state index in [0.29, 0.717) is 11.7 Å². The summed E-state index contributed by atoms with van der Waals surface area (Å²) in [6.07, 6.45) is 4.59. The molecule has 1 N–H and O–H groups in total. The minimum absolute atomic E-state index is 0.222. The number of para-hydroxylation sites is 1. The molecule has 0 saturated heterocycles. The average Bonchev–Trinajstić information content (AvgIpc) is 3.24. The third kappa shape index (κ3) is 2.55. The minimum Gasteiger partial charge on any atom is -0.333 e. The molecule has 1 fully saturated rings. The molecule has 1 aliphatic carbocycles. The number of amides is 1. The Morgan fingerprint density at radius 1 is 1.22 bits per heavy atom. The quantitative estimate of drug-likeness (QED) is 0.703. The van der Waals surface area contributed by atoms with E-state index in [9.17, 15) is 9.18 Å². The lowest BCUT2D eigenvalue weighted by Crippen LogP contribution is -2.19. The number of aromatic nitrogens is 1. The fraction of sp³-hybridized carbons (Fsp3) is 0.278. The number of benzene rings is 1. The Bertz CT molecular complexity index is 861. The Hall–Kier alpha value is -2.14. The third-order valence-corrected chi connectivity index (χ3v) is 5.36. The van der Waals surface area contributed by atoms with Gasteiger partial charge in [0.25, 0.3) is 5.91 Å². The van der Waals surface area contributed by atoms with Crippen molar-refractivity contribution in [2.45, 2.75) is 31.7 Å². The van der Waals surface area contributed by atoms with E-state index in [4.69, 9.17) is 0 Å². The highest BCUT2D eigenvalue weighted by Gasteiger charge is 2.25. The van der Waals surface area contributed by atoms with Crippen molar-refractivity contribution in [1.29, 1.82) is 0 Å². The Labute approximate surface area is 137 Å². The number of rotatable bonds is 3. The Morgan fingerprint density at radius 3 is 2.78 bits per heavy atom. The second-order valence-electron chi connectivity index (χ2n) is 5.94. The van der Waals surface area contributed by atoms with Crippen LogP contribution in [0.15, 0.2) is 41.8 Å². The van der Waals surface area contributed by atoms with Crippen molar-refractivity contribution < 1.29 is 9.18 Å². The van der Waals surface area contributed by atoms with E-state index in [1.54, 1.807) is 29.5 Å². The van der Waals surface area contributed by atoms with Crippen LogP contribution < -0.4 is 5.32 Å². The van der Waals surface area contributed by atoms with Crippen LogP contribution in [0.2, 0.25) is 0 Å². The summed E-state index contributed by atoms with van der Waals surface area (Å²) in [6, 6.07) is 10.6. The fourth-order valence-electron chi connectivity index (χ4n) is 3.42. The topological polar surface area (TPSA) is 34.0 Å². The number of thiophene rings is 1. The van der Waals surface area contributed by atoms with Gasteiger partial charge in [-0.25, -0.2) is 4.39 Å². The molecule has 1 amide bonds. The lowest BCUT2D eigenvalue weighted by Gasteiger charge is -2.17. The lowest BCUT2D eigenvalue weighted by molar-refractivity contribution is 0.101. The van der Waals surface area contributed by atoms with Crippen LogP contribution in [0.5, 0.6) is 0 Å². The highest BCUT2D eigenvalue weighted by Crippen LogP contribution is 2.36. The van der Waals surface area contributed by atoms with Crippen molar-refractivity contribution in [1.82, 2.24) is 4.57 Å². The Kier molecular flexibility index (Phi) is 3.65. The first-order valence-corrected chi connectivity index (χ1v) is 8.76. The highest BCUT2D eigenvalue weighted by molar-refractivity contribution is 7.17. The molecule has 0 spiro atoms. The van der Waals surface area contributed by atoms with Crippen LogP contribution in [-0.2, 0) is 0 Å². The second-order valence-corrected chi connectivity index (χ2v) is 6.89. The summed E-state index contributed by atoms with van der Waals surface area (Å²) in [5.74, 6) is -0.660. The van der Waals surface area contributed by atoms with Gasteiger partial charge >= 0.3 is 0 Å². The maximum Gasteiger partial charge on any atom is 0.272 e. The maximum atomic E-state index is 13.8. The molecule has 0 aliphatic heterocycles. The fourth-order valence-corrected chi connectivity index (χ4v) is 4.23. The SMILES string of the molecule is O=C(Nc1ccccc1F)c1cc2sccc2n1C1CCCC1. The van der Waals surface area contributed by atoms with Gasteiger partial charge in [0, 0.05) is 6.04 Å². The van der Waals surface area contributed by atoms with Crippen molar-refractivity contribution >= 4 is 33.1 Å². The molecule has 2 aromatic heterocycles. The van der Waals surface area contributed by atoms with Crippen LogP contribution in [0, 0.1) is 5.82 Å². The van der Waals surface area contributed by atoms with Crippen molar-refractivity contribution in [3.63, 3.8) is 0 Å². The van der Waals surface area contributed by atoms with Crippen LogP contribution in [0.3, 0.4) is 0 Å². The van der Waals surface area contributed by atoms with E-state index in [-0.39, 0.29) is 11.6 Å². The first-order valence-electron chi connectivity index (χ1n) is 7.88. The average molecular weight is 328 g/mol. The molecule has 0 atom stereocenters. The van der Waals surface area contributed by atoms with Gasteiger partial charge in [-0.15, -0.1) is 11.3 Å². The molecule has 1 saturated carbocycles. The van der Waals surface area contributed by atoms with Crippen LogP contribution in [-0.4, -0.2) is 10.5 Å². The van der Waals surface area contributed by atoms with Crippen LogP contribution >= 0.6 is 11.3 Å². The maximum absolute atomic E-state index is 13.8. The van der Waals surface area contributed by atoms with Crippen LogP contribution in [0.1, 0.15) is 42.2 Å². The van der Waals surface area contributed by atoms with E-state index >= 15 is 0 Å². The summed E-state index contributed by atoms with van der Waals surface area (Å²) >= 11 is 1.63. The largest absolute Gasteiger partial charge is 0.333 e. The molecule has 2 heterocycles. The zero-order chi connectivity index (χ0) is 15.8. The molecule has 0 unspecified atom stereocenters. The van der Waals surface area contributed by atoms with Gasteiger partial charge in [-0.1, -0.05) is 25.0 Å². The highest BCUT2D eigenvalue weighted by atomic mass is 32.1. The number of anilines is 1. The zero-order valence-electron chi connectivity index (χ0n) is 12.6. The zero-order valence-corrected chi connectivity index (χ0v) is 13.4. The molecule has 23 heavy (non-hydrogen) atoms. The smallest absolute Gasteiger partial charge is 0.272 e. The monoisotopic (exact) mass is 328 g/mol. The predicted octanol–water partition coefficient (Wildman–Crippen LogP) is 5.21. The number of hydrogen-bond donors (Lipinski definition) is 1. The Balaban J connectivity index is 1.73. The number of carbonyl (C=O) groups excluding carboxylic acids is 1. The van der Waals surface area contributed by atoms with Crippen molar-refractivity contribution in [2.24, 2.45) is 0 Å². The van der Waals surface area contributed by atoms with Gasteiger partial charge in [0.2, 0.25) is 0 Å². The molecular weight excluding hydrogens is 311 g/mol. The molecule has 5 heteroatoms. The lowest BCUT2D eigenvalue weighted by atomic mass is 10.2. The Morgan fingerprint density at radius 2 is 2.00 bits per heavy atom. The standard InChI is InChI=1S/C18H17FN2OS/c19-13-7-3-4-8-14(13)20-18(22)16-11-17-15(9-10-23-17)21(16)12-5-1-2-6-12/h3-4,7-12H,1-2,5-6H2,(H,20,22). The molecule has 4 rings (SSSR count). The summed E-state index contributed by atoms with van der Waals surface area (Å²) in [6.45, 7) is 0. The number of fused-ring (bicyclic) bond motifs is 1. The molecule has 1 aromatic carbocycles. The molecule has 3 nitrogen and oxygen atoms in total. The molecule has 0 radical (unpaired) electrons. The van der Waals surface area contributed by atoms with Gasteiger partial charge in [-0.2, -0.15) is 0 Å². The molecule has 118 valence electrons. The summed E-state index contributed by atoms with van der Waals surface area (Å²) in [4.78, 5) is 12.7. The van der Waals surface area contributed by atoms with E-state index in [1.165, 1.54) is 18.9 Å². The van der Waals surface area contributed by atoms with Gasteiger partial charge in [0.1, 0.15) is 11.5 Å². The normalized spacial score (nSPS) is 15.3. The summed E-state index contributed by atoms with van der Waals surface area (Å²) in [5, 5.41) is 4.76. The minimum atomic E-state index is -0.415. The van der Waals surface area contributed by atoms with Crippen molar-refractivity contribution in [3.8, 4) is 0 Å². The third-order valence-electron chi connectivity index (χ3n) is 4.50. The predicted molar refractivity (Wildman–Crippen MR) is 91.7 cm³/mol. The van der Waals surface area contributed by atoms with E-state index in [2.05, 4.69) is 21.3 Å². The number of carbonyl (C=O) groups is 1. The number of nitrogens with one attached hydrogen (secondary N) is 1. The van der Waals surface area contributed by atoms with E-state index in [0.717, 1.165) is 23.1 Å². The van der Waals surface area contributed by atoms with Gasteiger partial charge in [0.15, 0.2) is 0 Å². The first-order chi connectivity index (χ1) is 11.2. The molecular formula is C18H17FN2OS. The van der Waals surface area contributed by atoms with Gasteiger partial charge in [0.05, 0.1) is 15.9 Å². The van der Waals surface area contributed by atoms with Crippen molar-refractivity contribution in [3.05, 3.63) is 53.3 Å².